The molecule has 0 heterocycles. The summed E-state index contributed by atoms with van der Waals surface area (Å²) in [6, 6.07) is 0.673. The Labute approximate surface area is 113 Å². The van der Waals surface area contributed by atoms with Crippen molar-refractivity contribution in [3.63, 3.8) is 0 Å². The third-order valence-corrected chi connectivity index (χ3v) is 5.14. The molecule has 0 saturated heterocycles. The molecule has 2 aliphatic carbocycles. The molecular weight excluding hydrogens is 222 g/mol. The Morgan fingerprint density at radius 1 is 1.00 bits per heavy atom. The fourth-order valence-corrected chi connectivity index (χ4v) is 3.97. The van der Waals surface area contributed by atoms with Crippen LogP contribution < -0.4 is 5.32 Å². The molecule has 2 nitrogen and oxygen atoms in total. The van der Waals surface area contributed by atoms with Crippen LogP contribution in [0.25, 0.3) is 0 Å². The van der Waals surface area contributed by atoms with Gasteiger partial charge in [-0.15, -0.1) is 0 Å². The molecule has 0 radical (unpaired) electrons. The number of rotatable bonds is 3. The van der Waals surface area contributed by atoms with Gasteiger partial charge in [0.25, 0.3) is 0 Å². The lowest BCUT2D eigenvalue weighted by Crippen LogP contribution is -2.46. The summed E-state index contributed by atoms with van der Waals surface area (Å²) in [6.45, 7) is 8.16. The van der Waals surface area contributed by atoms with Crippen LogP contribution in [0, 0.1) is 17.3 Å². The second kappa shape index (κ2) is 5.92. The molecule has 0 bridgehead atoms. The van der Waals surface area contributed by atoms with E-state index in [0.717, 1.165) is 18.9 Å². The van der Waals surface area contributed by atoms with Gasteiger partial charge < -0.3 is 10.4 Å². The Morgan fingerprint density at radius 2 is 1.72 bits per heavy atom. The molecule has 0 spiro atoms. The minimum atomic E-state index is -0.0471. The molecule has 0 aromatic heterocycles. The SMILES string of the molecule is CC(C)(C)C1CCCCC1NCC1CCCC1O. The van der Waals surface area contributed by atoms with Gasteiger partial charge in [0.05, 0.1) is 6.10 Å². The quantitative estimate of drug-likeness (QED) is 0.808. The molecule has 4 atom stereocenters. The summed E-state index contributed by atoms with van der Waals surface area (Å²) in [4.78, 5) is 0. The van der Waals surface area contributed by atoms with E-state index in [0.29, 0.717) is 17.4 Å². The Morgan fingerprint density at radius 3 is 2.33 bits per heavy atom. The van der Waals surface area contributed by atoms with Crippen LogP contribution in [0.3, 0.4) is 0 Å². The lowest BCUT2D eigenvalue weighted by molar-refractivity contribution is 0.104. The highest BCUT2D eigenvalue weighted by Crippen LogP contribution is 2.38. The molecule has 0 aromatic carbocycles. The number of nitrogens with one attached hydrogen (secondary N) is 1. The van der Waals surface area contributed by atoms with Gasteiger partial charge in [-0.05, 0) is 42.9 Å². The maximum Gasteiger partial charge on any atom is 0.0580 e. The largest absolute Gasteiger partial charge is 0.393 e. The molecule has 0 aromatic rings. The summed E-state index contributed by atoms with van der Waals surface area (Å²) in [6.07, 6.45) is 8.85. The highest BCUT2D eigenvalue weighted by Gasteiger charge is 2.34. The molecule has 2 fully saturated rings. The van der Waals surface area contributed by atoms with Crippen molar-refractivity contribution < 1.29 is 5.11 Å². The number of hydrogen-bond donors (Lipinski definition) is 2. The van der Waals surface area contributed by atoms with Crippen LogP contribution in [0.4, 0.5) is 0 Å². The number of hydrogen-bond acceptors (Lipinski definition) is 2. The normalized spacial score (nSPS) is 38.0. The van der Waals surface area contributed by atoms with Crippen LogP contribution in [0.15, 0.2) is 0 Å². The Bertz CT molecular complexity index is 258. The van der Waals surface area contributed by atoms with E-state index in [1.807, 2.05) is 0 Å². The Balaban J connectivity index is 1.86. The molecule has 2 N–H and O–H groups in total. The van der Waals surface area contributed by atoms with E-state index in [-0.39, 0.29) is 6.10 Å². The van der Waals surface area contributed by atoms with Gasteiger partial charge in [-0.2, -0.15) is 0 Å². The minimum absolute atomic E-state index is 0.0471. The van der Waals surface area contributed by atoms with Crippen molar-refractivity contribution in [3.8, 4) is 0 Å². The Kier molecular flexibility index (Phi) is 4.71. The van der Waals surface area contributed by atoms with E-state index in [1.165, 1.54) is 38.5 Å². The molecule has 0 aliphatic heterocycles. The van der Waals surface area contributed by atoms with Crippen LogP contribution in [0.1, 0.15) is 65.7 Å². The van der Waals surface area contributed by atoms with Gasteiger partial charge in [0.2, 0.25) is 0 Å². The molecular formula is C16H31NO. The average Bonchev–Trinajstić information content (AvgIpc) is 2.71. The topological polar surface area (TPSA) is 32.3 Å². The van der Waals surface area contributed by atoms with E-state index >= 15 is 0 Å². The standard InChI is InChI=1S/C16H31NO/c1-16(2,3)13-8-4-5-9-14(13)17-11-12-7-6-10-15(12)18/h12-15,17-18H,4-11H2,1-3H3. The molecule has 2 aliphatic rings. The van der Waals surface area contributed by atoms with Gasteiger partial charge in [-0.1, -0.05) is 40.0 Å². The second-order valence-electron chi connectivity index (χ2n) is 7.53. The monoisotopic (exact) mass is 253 g/mol. The van der Waals surface area contributed by atoms with E-state index in [1.54, 1.807) is 0 Å². The van der Waals surface area contributed by atoms with Gasteiger partial charge in [-0.3, -0.25) is 0 Å². The average molecular weight is 253 g/mol. The van der Waals surface area contributed by atoms with Crippen LogP contribution in [0.5, 0.6) is 0 Å². The molecule has 2 rings (SSSR count). The van der Waals surface area contributed by atoms with Crippen molar-refractivity contribution in [2.24, 2.45) is 17.3 Å². The van der Waals surface area contributed by atoms with Gasteiger partial charge >= 0.3 is 0 Å². The lowest BCUT2D eigenvalue weighted by atomic mass is 9.69. The first-order valence-electron chi connectivity index (χ1n) is 7.90. The number of aliphatic hydroxyl groups is 1. The maximum absolute atomic E-state index is 9.90. The predicted molar refractivity (Wildman–Crippen MR) is 76.6 cm³/mol. The molecule has 2 heteroatoms. The lowest BCUT2D eigenvalue weighted by Gasteiger charge is -2.41. The van der Waals surface area contributed by atoms with E-state index in [2.05, 4.69) is 26.1 Å². The first-order chi connectivity index (χ1) is 8.48. The van der Waals surface area contributed by atoms with Crippen LogP contribution >= 0.6 is 0 Å². The zero-order valence-electron chi connectivity index (χ0n) is 12.4. The van der Waals surface area contributed by atoms with Crippen molar-refractivity contribution in [2.45, 2.75) is 77.9 Å². The van der Waals surface area contributed by atoms with Crippen molar-refractivity contribution in [2.75, 3.05) is 6.54 Å². The first kappa shape index (κ1) is 14.3. The van der Waals surface area contributed by atoms with Gasteiger partial charge in [0.15, 0.2) is 0 Å². The van der Waals surface area contributed by atoms with Gasteiger partial charge in [-0.25, -0.2) is 0 Å². The summed E-state index contributed by atoms with van der Waals surface area (Å²) in [7, 11) is 0. The zero-order chi connectivity index (χ0) is 13.2. The van der Waals surface area contributed by atoms with Crippen molar-refractivity contribution in [1.82, 2.24) is 5.32 Å². The highest BCUT2D eigenvalue weighted by molar-refractivity contribution is 4.89. The van der Waals surface area contributed by atoms with Crippen LogP contribution in [0.2, 0.25) is 0 Å². The summed E-state index contributed by atoms with van der Waals surface area (Å²) in [5, 5.41) is 13.7. The molecule has 18 heavy (non-hydrogen) atoms. The summed E-state index contributed by atoms with van der Waals surface area (Å²) < 4.78 is 0. The summed E-state index contributed by atoms with van der Waals surface area (Å²) in [5.74, 6) is 1.30. The van der Waals surface area contributed by atoms with Crippen molar-refractivity contribution in [1.29, 1.82) is 0 Å². The minimum Gasteiger partial charge on any atom is -0.393 e. The smallest absolute Gasteiger partial charge is 0.0580 e. The fourth-order valence-electron chi connectivity index (χ4n) is 3.97. The van der Waals surface area contributed by atoms with E-state index in [9.17, 15) is 5.11 Å². The molecule has 106 valence electrons. The van der Waals surface area contributed by atoms with Crippen LogP contribution in [-0.4, -0.2) is 23.8 Å². The summed E-state index contributed by atoms with van der Waals surface area (Å²) in [5.41, 5.74) is 0.409. The third kappa shape index (κ3) is 3.48. The van der Waals surface area contributed by atoms with Gasteiger partial charge in [0.1, 0.15) is 0 Å². The Hall–Kier alpha value is -0.0800. The zero-order valence-corrected chi connectivity index (χ0v) is 12.4. The van der Waals surface area contributed by atoms with Gasteiger partial charge in [0, 0.05) is 12.6 Å². The fraction of sp³-hybridized carbons (Fsp3) is 1.00. The van der Waals surface area contributed by atoms with Crippen molar-refractivity contribution >= 4 is 0 Å². The number of aliphatic hydroxyl groups excluding tert-OH is 1. The molecule has 0 amide bonds. The van der Waals surface area contributed by atoms with E-state index in [4.69, 9.17) is 0 Å². The predicted octanol–water partition coefficient (Wildman–Crippen LogP) is 3.34. The summed E-state index contributed by atoms with van der Waals surface area (Å²) >= 11 is 0. The maximum atomic E-state index is 9.90. The third-order valence-electron chi connectivity index (χ3n) is 5.14. The first-order valence-corrected chi connectivity index (χ1v) is 7.90. The molecule has 4 unspecified atom stereocenters. The van der Waals surface area contributed by atoms with Crippen LogP contribution in [-0.2, 0) is 0 Å². The highest BCUT2D eigenvalue weighted by atomic mass is 16.3. The van der Waals surface area contributed by atoms with E-state index < -0.39 is 0 Å². The molecule has 2 saturated carbocycles. The second-order valence-corrected chi connectivity index (χ2v) is 7.53. The van der Waals surface area contributed by atoms with Crippen molar-refractivity contribution in [3.05, 3.63) is 0 Å².